The van der Waals surface area contributed by atoms with Crippen LogP contribution in [0.15, 0.2) is 0 Å². The van der Waals surface area contributed by atoms with E-state index in [1.165, 1.54) is 25.7 Å². The quantitative estimate of drug-likeness (QED) is 0.753. The fourth-order valence-electron chi connectivity index (χ4n) is 2.12. The van der Waals surface area contributed by atoms with Crippen molar-refractivity contribution in [1.29, 1.82) is 0 Å². The molecule has 0 aliphatic heterocycles. The Morgan fingerprint density at radius 2 is 2.00 bits per heavy atom. The van der Waals surface area contributed by atoms with Crippen LogP contribution in [0.2, 0.25) is 0 Å². The van der Waals surface area contributed by atoms with Crippen molar-refractivity contribution in [1.82, 2.24) is 0 Å². The predicted octanol–water partition coefficient (Wildman–Crippen LogP) is 3.28. The van der Waals surface area contributed by atoms with Crippen molar-refractivity contribution in [2.75, 3.05) is 6.61 Å². The Morgan fingerprint density at radius 3 is 2.56 bits per heavy atom. The van der Waals surface area contributed by atoms with Gasteiger partial charge in [-0.1, -0.05) is 45.8 Å². The summed E-state index contributed by atoms with van der Waals surface area (Å²) in [5.41, 5.74) is 5.62. The normalized spacial score (nSPS) is 26.7. The van der Waals surface area contributed by atoms with Gasteiger partial charge in [0.05, 0.1) is 11.1 Å². The van der Waals surface area contributed by atoms with Crippen LogP contribution in [0.4, 0.5) is 0 Å². The van der Waals surface area contributed by atoms with Crippen molar-refractivity contribution in [2.24, 2.45) is 17.1 Å². The molecule has 2 N–H and O–H groups in total. The van der Waals surface area contributed by atoms with Crippen molar-refractivity contribution < 1.29 is 4.74 Å². The topological polar surface area (TPSA) is 35.2 Å². The first kappa shape index (κ1) is 13.9. The molecule has 0 heterocycles. The minimum Gasteiger partial charge on any atom is -0.393 e. The number of rotatable bonds is 5. The molecule has 0 spiro atoms. The Balaban J connectivity index is 2.26. The molecule has 0 aromatic carbocycles. The van der Waals surface area contributed by atoms with Crippen LogP contribution in [-0.2, 0) is 4.74 Å². The molecule has 2 nitrogen and oxygen atoms in total. The maximum absolute atomic E-state index is 5.97. The molecule has 3 heteroatoms. The van der Waals surface area contributed by atoms with Gasteiger partial charge < -0.3 is 10.5 Å². The zero-order valence-electron chi connectivity index (χ0n) is 10.8. The zero-order chi connectivity index (χ0) is 12.2. The fourth-order valence-corrected chi connectivity index (χ4v) is 2.22. The van der Waals surface area contributed by atoms with E-state index >= 15 is 0 Å². The second-order valence-electron chi connectivity index (χ2n) is 5.67. The van der Waals surface area contributed by atoms with Crippen molar-refractivity contribution in [3.8, 4) is 0 Å². The third kappa shape index (κ3) is 4.02. The molecule has 0 amide bonds. The lowest BCUT2D eigenvalue weighted by Gasteiger charge is -2.30. The van der Waals surface area contributed by atoms with Crippen LogP contribution in [0, 0.1) is 11.3 Å². The monoisotopic (exact) mass is 243 g/mol. The first-order valence-electron chi connectivity index (χ1n) is 6.35. The van der Waals surface area contributed by atoms with E-state index in [-0.39, 0.29) is 5.41 Å². The highest BCUT2D eigenvalue weighted by Crippen LogP contribution is 2.27. The van der Waals surface area contributed by atoms with Gasteiger partial charge in [-0.05, 0) is 25.2 Å². The van der Waals surface area contributed by atoms with E-state index in [1.54, 1.807) is 0 Å². The van der Waals surface area contributed by atoms with Gasteiger partial charge in [0.2, 0.25) is 0 Å². The Kier molecular flexibility index (Phi) is 5.19. The van der Waals surface area contributed by atoms with E-state index in [4.69, 9.17) is 22.7 Å². The lowest BCUT2D eigenvalue weighted by molar-refractivity contribution is -0.0117. The molecule has 0 saturated heterocycles. The standard InChI is InChI=1S/C13H25NOS/c1-10-6-4-5-7-11(10)15-9-8-13(2,3)12(14)16/h10-11H,4-9H2,1-3H3,(H2,14,16). The van der Waals surface area contributed by atoms with Gasteiger partial charge in [-0.2, -0.15) is 0 Å². The van der Waals surface area contributed by atoms with Gasteiger partial charge in [-0.25, -0.2) is 0 Å². The van der Waals surface area contributed by atoms with E-state index in [0.717, 1.165) is 13.0 Å². The van der Waals surface area contributed by atoms with Crippen LogP contribution in [0.1, 0.15) is 52.9 Å². The lowest BCUT2D eigenvalue weighted by atomic mass is 9.87. The van der Waals surface area contributed by atoms with Gasteiger partial charge in [0.15, 0.2) is 0 Å². The summed E-state index contributed by atoms with van der Waals surface area (Å²) in [5, 5.41) is 0. The van der Waals surface area contributed by atoms with Gasteiger partial charge in [0.25, 0.3) is 0 Å². The summed E-state index contributed by atoms with van der Waals surface area (Å²) in [7, 11) is 0. The second-order valence-corrected chi connectivity index (χ2v) is 6.11. The summed E-state index contributed by atoms with van der Waals surface area (Å²) >= 11 is 5.05. The molecule has 0 aromatic heterocycles. The average molecular weight is 243 g/mol. The molecule has 2 unspecified atom stereocenters. The predicted molar refractivity (Wildman–Crippen MR) is 72.6 cm³/mol. The third-order valence-electron chi connectivity index (χ3n) is 3.76. The maximum Gasteiger partial charge on any atom is 0.0785 e. The molecule has 1 saturated carbocycles. The first-order valence-corrected chi connectivity index (χ1v) is 6.76. The van der Waals surface area contributed by atoms with Crippen molar-refractivity contribution in [2.45, 2.75) is 59.0 Å². The smallest absolute Gasteiger partial charge is 0.0785 e. The van der Waals surface area contributed by atoms with Gasteiger partial charge in [0, 0.05) is 12.0 Å². The Morgan fingerprint density at radius 1 is 1.38 bits per heavy atom. The summed E-state index contributed by atoms with van der Waals surface area (Å²) < 4.78 is 5.97. The van der Waals surface area contributed by atoms with E-state index in [9.17, 15) is 0 Å². The molecule has 1 rings (SSSR count). The molecular formula is C13H25NOS. The molecule has 2 atom stereocenters. The Hall–Kier alpha value is -0.150. The largest absolute Gasteiger partial charge is 0.393 e. The minimum atomic E-state index is -0.0762. The number of thiocarbonyl (C=S) groups is 1. The minimum absolute atomic E-state index is 0.0762. The number of hydrogen-bond donors (Lipinski definition) is 1. The summed E-state index contributed by atoms with van der Waals surface area (Å²) in [4.78, 5) is 0.591. The van der Waals surface area contributed by atoms with Crippen molar-refractivity contribution in [3.05, 3.63) is 0 Å². The molecule has 16 heavy (non-hydrogen) atoms. The molecule has 0 aromatic rings. The highest BCUT2D eigenvalue weighted by Gasteiger charge is 2.24. The number of ether oxygens (including phenoxy) is 1. The second kappa shape index (κ2) is 5.97. The van der Waals surface area contributed by atoms with Gasteiger partial charge in [-0.15, -0.1) is 0 Å². The molecule has 1 aliphatic rings. The van der Waals surface area contributed by atoms with E-state index in [2.05, 4.69) is 20.8 Å². The van der Waals surface area contributed by atoms with Gasteiger partial charge in [-0.3, -0.25) is 0 Å². The highest BCUT2D eigenvalue weighted by atomic mass is 32.1. The van der Waals surface area contributed by atoms with E-state index in [0.29, 0.717) is 17.0 Å². The molecule has 1 fully saturated rings. The Bertz CT molecular complexity index is 240. The van der Waals surface area contributed by atoms with Gasteiger partial charge >= 0.3 is 0 Å². The van der Waals surface area contributed by atoms with Crippen LogP contribution in [0.5, 0.6) is 0 Å². The molecule has 94 valence electrons. The third-order valence-corrected chi connectivity index (χ3v) is 4.31. The van der Waals surface area contributed by atoms with E-state index < -0.39 is 0 Å². The Labute approximate surface area is 105 Å². The summed E-state index contributed by atoms with van der Waals surface area (Å²) in [6, 6.07) is 0. The molecule has 0 radical (unpaired) electrons. The lowest BCUT2D eigenvalue weighted by Crippen LogP contribution is -2.32. The van der Waals surface area contributed by atoms with Crippen molar-refractivity contribution in [3.63, 3.8) is 0 Å². The van der Waals surface area contributed by atoms with Crippen LogP contribution in [-0.4, -0.2) is 17.7 Å². The summed E-state index contributed by atoms with van der Waals surface area (Å²) in [6.45, 7) is 7.24. The van der Waals surface area contributed by atoms with Crippen LogP contribution in [0.25, 0.3) is 0 Å². The fraction of sp³-hybridized carbons (Fsp3) is 0.923. The highest BCUT2D eigenvalue weighted by molar-refractivity contribution is 7.80. The number of hydrogen-bond acceptors (Lipinski definition) is 2. The first-order chi connectivity index (χ1) is 7.43. The number of nitrogens with two attached hydrogens (primary N) is 1. The van der Waals surface area contributed by atoms with E-state index in [1.807, 2.05) is 0 Å². The summed E-state index contributed by atoms with van der Waals surface area (Å²) in [5.74, 6) is 0.710. The van der Waals surface area contributed by atoms with Crippen LogP contribution in [0.3, 0.4) is 0 Å². The maximum atomic E-state index is 5.97. The molecular weight excluding hydrogens is 218 g/mol. The van der Waals surface area contributed by atoms with Gasteiger partial charge in [0.1, 0.15) is 0 Å². The molecule has 0 bridgehead atoms. The summed E-state index contributed by atoms with van der Waals surface area (Å²) in [6.07, 6.45) is 6.58. The van der Waals surface area contributed by atoms with Crippen molar-refractivity contribution >= 4 is 17.2 Å². The molecule has 1 aliphatic carbocycles. The van der Waals surface area contributed by atoms with Crippen LogP contribution < -0.4 is 5.73 Å². The average Bonchev–Trinajstić information content (AvgIpc) is 2.20. The van der Waals surface area contributed by atoms with Crippen LogP contribution >= 0.6 is 12.2 Å². The SMILES string of the molecule is CC1CCCCC1OCCC(C)(C)C(N)=S. The zero-order valence-corrected chi connectivity index (χ0v) is 11.6.